The Balaban J connectivity index is 2.06. The van der Waals surface area contributed by atoms with E-state index in [9.17, 15) is 0 Å². The fraction of sp³-hybridized carbons (Fsp3) is 1.00. The quantitative estimate of drug-likeness (QED) is 0.661. The minimum absolute atomic E-state index is 0.0992. The fourth-order valence-corrected chi connectivity index (χ4v) is 2.60. The van der Waals surface area contributed by atoms with Gasteiger partial charge >= 0.3 is 0 Å². The lowest BCUT2D eigenvalue weighted by Crippen LogP contribution is -2.47. The Morgan fingerprint density at radius 3 is 2.82 bits per heavy atom. The van der Waals surface area contributed by atoms with Crippen LogP contribution in [0.5, 0.6) is 0 Å². The molecular weight excluding hydrogens is 212 g/mol. The number of piperidine rings is 1. The van der Waals surface area contributed by atoms with Crippen LogP contribution in [0, 0.1) is 0 Å². The summed E-state index contributed by atoms with van der Waals surface area (Å²) in [5.41, 5.74) is 0.0992. The highest BCUT2D eigenvalue weighted by Crippen LogP contribution is 2.23. The van der Waals surface area contributed by atoms with Gasteiger partial charge in [0.25, 0.3) is 0 Å². The van der Waals surface area contributed by atoms with Crippen LogP contribution in [-0.2, 0) is 4.74 Å². The van der Waals surface area contributed by atoms with Crippen molar-refractivity contribution in [2.24, 2.45) is 0 Å². The Morgan fingerprint density at radius 1 is 1.29 bits per heavy atom. The molecule has 0 radical (unpaired) electrons. The first-order valence-electron chi connectivity index (χ1n) is 7.18. The number of nitrogens with one attached hydrogen (secondary N) is 1. The molecule has 0 spiro atoms. The van der Waals surface area contributed by atoms with Gasteiger partial charge in [-0.1, -0.05) is 13.3 Å². The smallest absolute Gasteiger partial charge is 0.0777 e. The number of likely N-dealkylation sites (tertiary alicyclic amines) is 1. The lowest BCUT2D eigenvalue weighted by atomic mass is 9.94. The van der Waals surface area contributed by atoms with Gasteiger partial charge in [0.15, 0.2) is 0 Å². The SMILES string of the molecule is CCNCCCCCN1CCCC(C)(OC)C1. The molecule has 102 valence electrons. The summed E-state index contributed by atoms with van der Waals surface area (Å²) in [6.07, 6.45) is 6.46. The van der Waals surface area contributed by atoms with E-state index in [0.29, 0.717) is 0 Å². The topological polar surface area (TPSA) is 24.5 Å². The first-order valence-corrected chi connectivity index (χ1v) is 7.18. The molecule has 3 heteroatoms. The van der Waals surface area contributed by atoms with Crippen LogP contribution >= 0.6 is 0 Å². The molecule has 1 rings (SSSR count). The van der Waals surface area contributed by atoms with Crippen LogP contribution in [0.4, 0.5) is 0 Å². The maximum absolute atomic E-state index is 5.62. The van der Waals surface area contributed by atoms with Gasteiger partial charge < -0.3 is 15.0 Å². The minimum Gasteiger partial charge on any atom is -0.377 e. The number of rotatable bonds is 8. The molecule has 1 aliphatic heterocycles. The molecule has 17 heavy (non-hydrogen) atoms. The van der Waals surface area contributed by atoms with E-state index in [2.05, 4.69) is 24.1 Å². The molecule has 1 fully saturated rings. The molecule has 1 atom stereocenters. The normalized spacial score (nSPS) is 26.3. The predicted molar refractivity (Wildman–Crippen MR) is 73.5 cm³/mol. The van der Waals surface area contributed by atoms with Crippen molar-refractivity contribution in [2.75, 3.05) is 39.8 Å². The third-order valence-electron chi connectivity index (χ3n) is 3.81. The maximum atomic E-state index is 5.62. The zero-order valence-corrected chi connectivity index (χ0v) is 11.9. The molecule has 1 saturated heterocycles. The van der Waals surface area contributed by atoms with Gasteiger partial charge in [-0.3, -0.25) is 0 Å². The maximum Gasteiger partial charge on any atom is 0.0777 e. The highest BCUT2D eigenvalue weighted by molar-refractivity contribution is 4.84. The van der Waals surface area contributed by atoms with E-state index in [1.54, 1.807) is 0 Å². The number of methoxy groups -OCH3 is 1. The standard InChI is InChI=1S/C14H30N2O/c1-4-15-10-6-5-7-11-16-12-8-9-14(2,13-16)17-3/h15H,4-13H2,1-3H3. The van der Waals surface area contributed by atoms with Crippen LogP contribution in [0.3, 0.4) is 0 Å². The molecule has 1 aliphatic rings. The van der Waals surface area contributed by atoms with Crippen LogP contribution in [0.15, 0.2) is 0 Å². The molecule has 1 heterocycles. The Hall–Kier alpha value is -0.120. The lowest BCUT2D eigenvalue weighted by molar-refractivity contribution is -0.0508. The molecule has 0 aromatic rings. The van der Waals surface area contributed by atoms with E-state index in [4.69, 9.17) is 4.74 Å². The second-order valence-electron chi connectivity index (χ2n) is 5.45. The van der Waals surface area contributed by atoms with E-state index in [1.807, 2.05) is 7.11 Å². The Morgan fingerprint density at radius 2 is 2.12 bits per heavy atom. The molecular formula is C14H30N2O. The van der Waals surface area contributed by atoms with Crippen LogP contribution in [0.25, 0.3) is 0 Å². The van der Waals surface area contributed by atoms with Crippen molar-refractivity contribution in [3.8, 4) is 0 Å². The van der Waals surface area contributed by atoms with Crippen LogP contribution < -0.4 is 5.32 Å². The molecule has 3 nitrogen and oxygen atoms in total. The molecule has 0 aromatic heterocycles. The van der Waals surface area contributed by atoms with E-state index in [-0.39, 0.29) is 5.60 Å². The van der Waals surface area contributed by atoms with Crippen LogP contribution in [0.1, 0.15) is 46.0 Å². The summed E-state index contributed by atoms with van der Waals surface area (Å²) >= 11 is 0. The Labute approximate surface area is 107 Å². The average molecular weight is 242 g/mol. The summed E-state index contributed by atoms with van der Waals surface area (Å²) < 4.78 is 5.62. The molecule has 0 amide bonds. The Bertz CT molecular complexity index is 199. The summed E-state index contributed by atoms with van der Waals surface area (Å²) in [6.45, 7) is 10.3. The van der Waals surface area contributed by atoms with Crippen molar-refractivity contribution >= 4 is 0 Å². The molecule has 1 N–H and O–H groups in total. The largest absolute Gasteiger partial charge is 0.377 e. The van der Waals surface area contributed by atoms with Gasteiger partial charge in [0.1, 0.15) is 0 Å². The summed E-state index contributed by atoms with van der Waals surface area (Å²) in [5, 5.41) is 3.38. The second-order valence-corrected chi connectivity index (χ2v) is 5.45. The second kappa shape index (κ2) is 8.06. The predicted octanol–water partition coefficient (Wildman–Crippen LogP) is 2.27. The zero-order valence-electron chi connectivity index (χ0n) is 11.9. The van der Waals surface area contributed by atoms with E-state index < -0.39 is 0 Å². The van der Waals surface area contributed by atoms with Crippen LogP contribution in [0.2, 0.25) is 0 Å². The first-order chi connectivity index (χ1) is 8.20. The van der Waals surface area contributed by atoms with Crippen molar-refractivity contribution in [3.05, 3.63) is 0 Å². The van der Waals surface area contributed by atoms with Gasteiger partial charge in [0.05, 0.1) is 5.60 Å². The Kier molecular flexibility index (Phi) is 7.09. The highest BCUT2D eigenvalue weighted by Gasteiger charge is 2.30. The first kappa shape index (κ1) is 14.9. The highest BCUT2D eigenvalue weighted by atomic mass is 16.5. The summed E-state index contributed by atoms with van der Waals surface area (Å²) in [5.74, 6) is 0. The van der Waals surface area contributed by atoms with E-state index in [1.165, 1.54) is 51.7 Å². The number of hydrogen-bond acceptors (Lipinski definition) is 3. The van der Waals surface area contributed by atoms with Gasteiger partial charge in [0, 0.05) is 13.7 Å². The van der Waals surface area contributed by atoms with Gasteiger partial charge in [0.2, 0.25) is 0 Å². The van der Waals surface area contributed by atoms with Crippen molar-refractivity contribution in [3.63, 3.8) is 0 Å². The monoisotopic (exact) mass is 242 g/mol. The van der Waals surface area contributed by atoms with Gasteiger partial charge in [-0.05, 0) is 58.8 Å². The summed E-state index contributed by atoms with van der Waals surface area (Å²) in [7, 11) is 1.85. The van der Waals surface area contributed by atoms with Crippen molar-refractivity contribution in [1.82, 2.24) is 10.2 Å². The minimum atomic E-state index is 0.0992. The van der Waals surface area contributed by atoms with Gasteiger partial charge in [-0.25, -0.2) is 0 Å². The average Bonchev–Trinajstić information content (AvgIpc) is 2.34. The van der Waals surface area contributed by atoms with Gasteiger partial charge in [-0.2, -0.15) is 0 Å². The molecule has 0 bridgehead atoms. The number of hydrogen-bond donors (Lipinski definition) is 1. The summed E-state index contributed by atoms with van der Waals surface area (Å²) in [4.78, 5) is 2.57. The molecule has 0 aromatic carbocycles. The van der Waals surface area contributed by atoms with E-state index >= 15 is 0 Å². The van der Waals surface area contributed by atoms with Gasteiger partial charge in [-0.15, -0.1) is 0 Å². The zero-order chi connectivity index (χ0) is 12.6. The molecule has 0 saturated carbocycles. The summed E-state index contributed by atoms with van der Waals surface area (Å²) in [6, 6.07) is 0. The molecule has 0 aliphatic carbocycles. The van der Waals surface area contributed by atoms with Crippen molar-refractivity contribution < 1.29 is 4.74 Å². The lowest BCUT2D eigenvalue weighted by Gasteiger charge is -2.39. The third-order valence-corrected chi connectivity index (χ3v) is 3.81. The molecule has 1 unspecified atom stereocenters. The van der Waals surface area contributed by atoms with E-state index in [0.717, 1.165) is 13.1 Å². The fourth-order valence-electron chi connectivity index (χ4n) is 2.60. The van der Waals surface area contributed by atoms with Crippen molar-refractivity contribution in [1.29, 1.82) is 0 Å². The number of ether oxygens (including phenoxy) is 1. The number of nitrogens with zero attached hydrogens (tertiary/aromatic N) is 1. The van der Waals surface area contributed by atoms with Crippen molar-refractivity contribution in [2.45, 2.75) is 51.6 Å². The van der Waals surface area contributed by atoms with Crippen LogP contribution in [-0.4, -0.2) is 50.3 Å². The number of unbranched alkanes of at least 4 members (excludes halogenated alkanes) is 2. The third kappa shape index (κ3) is 5.84.